The second-order valence-electron chi connectivity index (χ2n) is 7.19. The highest BCUT2D eigenvalue weighted by molar-refractivity contribution is 7.91. The Hall–Kier alpha value is -2.21. The lowest BCUT2D eigenvalue weighted by molar-refractivity contribution is -0.122. The summed E-state index contributed by atoms with van der Waals surface area (Å²) in [6, 6.07) is 15.5. The molecular formula is C21H26N2O3S. The number of pyridine rings is 1. The Kier molecular flexibility index (Phi) is 6.61. The van der Waals surface area contributed by atoms with Gasteiger partial charge in [-0.2, -0.15) is 0 Å². The molecule has 1 aliphatic heterocycles. The SMILES string of the molecule is O=C(NCCCC1CCS(=O)(=O)C1)C(Cc1ccccn1)c1ccccc1. The molecule has 6 heteroatoms. The third-order valence-electron chi connectivity index (χ3n) is 5.07. The van der Waals surface area contributed by atoms with E-state index in [1.54, 1.807) is 6.20 Å². The summed E-state index contributed by atoms with van der Waals surface area (Å²) in [5.41, 5.74) is 1.86. The fraction of sp³-hybridized carbons (Fsp3) is 0.429. The maximum Gasteiger partial charge on any atom is 0.227 e. The number of benzene rings is 1. The largest absolute Gasteiger partial charge is 0.356 e. The summed E-state index contributed by atoms with van der Waals surface area (Å²) in [6.45, 7) is 0.570. The van der Waals surface area contributed by atoms with Gasteiger partial charge in [0, 0.05) is 24.9 Å². The van der Waals surface area contributed by atoms with Crippen LogP contribution < -0.4 is 5.32 Å². The lowest BCUT2D eigenvalue weighted by Crippen LogP contribution is -2.31. The molecule has 2 atom stereocenters. The number of aromatic nitrogens is 1. The van der Waals surface area contributed by atoms with E-state index >= 15 is 0 Å². The molecule has 2 aromatic rings. The summed E-state index contributed by atoms with van der Waals surface area (Å²) in [5, 5.41) is 3.03. The predicted octanol–water partition coefficient (Wildman–Crippen LogP) is 2.74. The molecule has 5 nitrogen and oxygen atoms in total. The lowest BCUT2D eigenvalue weighted by Gasteiger charge is -2.17. The monoisotopic (exact) mass is 386 g/mol. The summed E-state index contributed by atoms with van der Waals surface area (Å²) in [4.78, 5) is 17.2. The molecule has 0 spiro atoms. The third kappa shape index (κ3) is 5.89. The number of carbonyl (C=O) groups excluding carboxylic acids is 1. The standard InChI is InChI=1S/C21H26N2O3S/c24-21(23-13-6-7-17-11-14-27(25,26)16-17)20(18-8-2-1-3-9-18)15-19-10-4-5-12-22-19/h1-5,8-10,12,17,20H,6-7,11,13-16H2,(H,23,24). The molecule has 27 heavy (non-hydrogen) atoms. The Labute approximate surface area is 161 Å². The van der Waals surface area contributed by atoms with Crippen molar-refractivity contribution >= 4 is 15.7 Å². The van der Waals surface area contributed by atoms with E-state index in [1.165, 1.54) is 0 Å². The van der Waals surface area contributed by atoms with Crippen molar-refractivity contribution < 1.29 is 13.2 Å². The Balaban J connectivity index is 1.55. The first kappa shape index (κ1) is 19.5. The van der Waals surface area contributed by atoms with Gasteiger partial charge in [0.25, 0.3) is 0 Å². The summed E-state index contributed by atoms with van der Waals surface area (Å²) >= 11 is 0. The molecule has 1 fully saturated rings. The minimum Gasteiger partial charge on any atom is -0.356 e. The van der Waals surface area contributed by atoms with E-state index in [1.807, 2.05) is 48.5 Å². The summed E-state index contributed by atoms with van der Waals surface area (Å²) < 4.78 is 23.1. The van der Waals surface area contributed by atoms with Crippen LogP contribution in [0.15, 0.2) is 54.7 Å². The van der Waals surface area contributed by atoms with Crippen molar-refractivity contribution in [1.82, 2.24) is 10.3 Å². The van der Waals surface area contributed by atoms with Crippen LogP contribution in [-0.4, -0.2) is 37.4 Å². The smallest absolute Gasteiger partial charge is 0.227 e. The number of hydrogen-bond acceptors (Lipinski definition) is 4. The molecule has 0 aliphatic carbocycles. The molecule has 1 aromatic carbocycles. The van der Waals surface area contributed by atoms with Gasteiger partial charge < -0.3 is 5.32 Å². The normalized spacial score (nSPS) is 19.5. The molecule has 1 aromatic heterocycles. The molecule has 1 saturated heterocycles. The highest BCUT2D eigenvalue weighted by atomic mass is 32.2. The van der Waals surface area contributed by atoms with E-state index in [4.69, 9.17) is 0 Å². The van der Waals surface area contributed by atoms with E-state index in [0.717, 1.165) is 30.5 Å². The van der Waals surface area contributed by atoms with Crippen LogP contribution in [0, 0.1) is 5.92 Å². The first-order valence-corrected chi connectivity index (χ1v) is 11.3. The minimum atomic E-state index is -2.83. The van der Waals surface area contributed by atoms with Gasteiger partial charge in [-0.05, 0) is 42.9 Å². The zero-order chi connectivity index (χ0) is 19.1. The van der Waals surface area contributed by atoms with Crippen LogP contribution in [0.4, 0.5) is 0 Å². The Morgan fingerprint density at radius 1 is 1.15 bits per heavy atom. The molecular weight excluding hydrogens is 360 g/mol. The van der Waals surface area contributed by atoms with Crippen molar-refractivity contribution in [3.05, 3.63) is 66.0 Å². The Bertz CT molecular complexity index is 838. The van der Waals surface area contributed by atoms with E-state index in [-0.39, 0.29) is 17.7 Å². The zero-order valence-corrected chi connectivity index (χ0v) is 16.2. The second kappa shape index (κ2) is 9.13. The van der Waals surface area contributed by atoms with Crippen LogP contribution in [0.3, 0.4) is 0 Å². The minimum absolute atomic E-state index is 0.00843. The van der Waals surface area contributed by atoms with Crippen molar-refractivity contribution in [2.75, 3.05) is 18.1 Å². The van der Waals surface area contributed by atoms with Gasteiger partial charge in [0.15, 0.2) is 9.84 Å². The number of amides is 1. The topological polar surface area (TPSA) is 76.1 Å². The first-order chi connectivity index (χ1) is 13.0. The van der Waals surface area contributed by atoms with Gasteiger partial charge in [0.2, 0.25) is 5.91 Å². The molecule has 0 bridgehead atoms. The summed E-state index contributed by atoms with van der Waals surface area (Å²) in [6.07, 6.45) is 4.69. The lowest BCUT2D eigenvalue weighted by atomic mass is 9.93. The van der Waals surface area contributed by atoms with Gasteiger partial charge in [-0.3, -0.25) is 9.78 Å². The third-order valence-corrected chi connectivity index (χ3v) is 6.91. The van der Waals surface area contributed by atoms with Gasteiger partial charge in [0.1, 0.15) is 0 Å². The van der Waals surface area contributed by atoms with Crippen molar-refractivity contribution in [1.29, 1.82) is 0 Å². The fourth-order valence-electron chi connectivity index (χ4n) is 3.60. The van der Waals surface area contributed by atoms with E-state index < -0.39 is 9.84 Å². The highest BCUT2D eigenvalue weighted by Gasteiger charge is 2.27. The molecule has 3 rings (SSSR count). The summed E-state index contributed by atoms with van der Waals surface area (Å²) in [5.74, 6) is 0.557. The summed E-state index contributed by atoms with van der Waals surface area (Å²) in [7, 11) is -2.83. The Morgan fingerprint density at radius 3 is 2.59 bits per heavy atom. The van der Waals surface area contributed by atoms with Gasteiger partial charge in [-0.25, -0.2) is 8.42 Å². The maximum atomic E-state index is 12.8. The van der Waals surface area contributed by atoms with Crippen LogP contribution >= 0.6 is 0 Å². The van der Waals surface area contributed by atoms with Gasteiger partial charge in [-0.15, -0.1) is 0 Å². The Morgan fingerprint density at radius 2 is 1.93 bits per heavy atom. The predicted molar refractivity (Wildman–Crippen MR) is 106 cm³/mol. The van der Waals surface area contributed by atoms with Crippen LogP contribution in [0.25, 0.3) is 0 Å². The number of hydrogen-bond donors (Lipinski definition) is 1. The molecule has 1 aliphatic rings. The molecule has 0 saturated carbocycles. The van der Waals surface area contributed by atoms with Crippen LogP contribution in [0.1, 0.15) is 36.4 Å². The zero-order valence-electron chi connectivity index (χ0n) is 15.4. The number of sulfone groups is 1. The van der Waals surface area contributed by atoms with E-state index in [9.17, 15) is 13.2 Å². The van der Waals surface area contributed by atoms with E-state index in [2.05, 4.69) is 10.3 Å². The molecule has 144 valence electrons. The molecule has 1 amide bonds. The molecule has 0 radical (unpaired) electrons. The van der Waals surface area contributed by atoms with Crippen LogP contribution in [0.2, 0.25) is 0 Å². The van der Waals surface area contributed by atoms with Gasteiger partial charge in [-0.1, -0.05) is 36.4 Å². The maximum absolute atomic E-state index is 12.8. The van der Waals surface area contributed by atoms with Gasteiger partial charge in [0.05, 0.1) is 17.4 Å². The number of rotatable bonds is 8. The van der Waals surface area contributed by atoms with Crippen molar-refractivity contribution in [3.8, 4) is 0 Å². The fourth-order valence-corrected chi connectivity index (χ4v) is 5.51. The number of nitrogens with one attached hydrogen (secondary N) is 1. The average molecular weight is 387 g/mol. The second-order valence-corrected chi connectivity index (χ2v) is 9.42. The number of carbonyl (C=O) groups is 1. The van der Waals surface area contributed by atoms with Crippen LogP contribution in [-0.2, 0) is 21.1 Å². The first-order valence-electron chi connectivity index (χ1n) is 9.46. The average Bonchev–Trinajstić information content (AvgIpc) is 3.03. The highest BCUT2D eigenvalue weighted by Crippen LogP contribution is 2.23. The van der Waals surface area contributed by atoms with Gasteiger partial charge >= 0.3 is 0 Å². The molecule has 2 heterocycles. The van der Waals surface area contributed by atoms with E-state index in [0.29, 0.717) is 24.5 Å². The van der Waals surface area contributed by atoms with Crippen molar-refractivity contribution in [2.45, 2.75) is 31.6 Å². The number of nitrogens with zero attached hydrogens (tertiary/aromatic N) is 1. The van der Waals surface area contributed by atoms with Crippen LogP contribution in [0.5, 0.6) is 0 Å². The quantitative estimate of drug-likeness (QED) is 0.708. The molecule has 1 N–H and O–H groups in total. The van der Waals surface area contributed by atoms with Crippen molar-refractivity contribution in [2.24, 2.45) is 5.92 Å². The molecule has 2 unspecified atom stereocenters. The van der Waals surface area contributed by atoms with Crippen molar-refractivity contribution in [3.63, 3.8) is 0 Å².